The smallest absolute Gasteiger partial charge is 0.322 e. The molecular weight excluding hydrogens is 523 g/mol. The zero-order valence-electron chi connectivity index (χ0n) is 21.6. The number of phenolic OH excluding ortho intramolecular Hbond substituents is 1. The predicted molar refractivity (Wildman–Crippen MR) is 155 cm³/mol. The molecule has 1 saturated heterocycles. The lowest BCUT2D eigenvalue weighted by atomic mass is 10.0. The molecule has 3 amide bonds. The average Bonchev–Trinajstić information content (AvgIpc) is 2.88. The first kappa shape index (κ1) is 27.6. The Morgan fingerprint density at radius 1 is 0.895 bits per heavy atom. The van der Waals surface area contributed by atoms with Crippen molar-refractivity contribution in [1.29, 1.82) is 0 Å². The van der Waals surface area contributed by atoms with Crippen molar-refractivity contribution in [2.75, 3.05) is 41.7 Å². The lowest BCUT2D eigenvalue weighted by molar-refractivity contribution is -0.116. The number of hydrogen-bond acceptors (Lipinski definition) is 4. The topological polar surface area (TPSA) is 84.9 Å². The summed E-state index contributed by atoms with van der Waals surface area (Å²) in [5.74, 6) is -0.0543. The normalized spacial score (nSPS) is 13.4. The number of amides is 3. The van der Waals surface area contributed by atoms with Crippen LogP contribution in [0, 0.1) is 13.8 Å². The largest absolute Gasteiger partial charge is 0.508 e. The highest BCUT2D eigenvalue weighted by molar-refractivity contribution is 6.40. The van der Waals surface area contributed by atoms with E-state index in [1.54, 1.807) is 4.90 Å². The number of carbonyl (C=O) groups is 2. The second-order valence-electron chi connectivity index (χ2n) is 9.57. The third-order valence-corrected chi connectivity index (χ3v) is 7.29. The van der Waals surface area contributed by atoms with Crippen LogP contribution in [0.3, 0.4) is 0 Å². The molecule has 200 valence electrons. The van der Waals surface area contributed by atoms with Crippen LogP contribution in [-0.4, -0.2) is 48.1 Å². The molecule has 3 aromatic rings. The highest BCUT2D eigenvalue weighted by atomic mass is 35.5. The van der Waals surface area contributed by atoms with Gasteiger partial charge in [-0.2, -0.15) is 0 Å². The highest BCUT2D eigenvalue weighted by Crippen LogP contribution is 2.34. The molecule has 3 aromatic carbocycles. The number of phenols is 1. The monoisotopic (exact) mass is 554 g/mol. The minimum Gasteiger partial charge on any atom is -0.508 e. The third-order valence-electron chi connectivity index (χ3n) is 6.69. The summed E-state index contributed by atoms with van der Waals surface area (Å²) in [5, 5.41) is 15.6. The van der Waals surface area contributed by atoms with Gasteiger partial charge in [-0.25, -0.2) is 4.79 Å². The molecule has 3 N–H and O–H groups in total. The first-order valence-corrected chi connectivity index (χ1v) is 13.4. The van der Waals surface area contributed by atoms with Crippen molar-refractivity contribution in [2.45, 2.75) is 33.1 Å². The standard InChI is InChI=1S/C29H32Cl2N4O3/c1-19-6-7-21(20(2)16-19)4-3-5-27(37)32-22-8-10-23(11-9-22)34-12-14-35(15-13-34)29(38)33-28-25(30)17-24(36)18-26(28)31/h6-11,16-18,36H,3-5,12-15H2,1-2H3,(H,32,37)(H,33,38). The summed E-state index contributed by atoms with van der Waals surface area (Å²) in [5.41, 5.74) is 5.89. The van der Waals surface area contributed by atoms with E-state index >= 15 is 0 Å². The van der Waals surface area contributed by atoms with Gasteiger partial charge in [-0.1, -0.05) is 47.0 Å². The summed E-state index contributed by atoms with van der Waals surface area (Å²) < 4.78 is 0. The van der Waals surface area contributed by atoms with Crippen LogP contribution < -0.4 is 15.5 Å². The molecule has 9 heteroatoms. The maximum Gasteiger partial charge on any atom is 0.322 e. The molecule has 1 aliphatic heterocycles. The van der Waals surface area contributed by atoms with Crippen molar-refractivity contribution in [1.82, 2.24) is 4.90 Å². The molecule has 7 nitrogen and oxygen atoms in total. The Bertz CT molecular complexity index is 1280. The third kappa shape index (κ3) is 7.11. The van der Waals surface area contributed by atoms with Crippen LogP contribution in [0.5, 0.6) is 5.75 Å². The molecule has 4 rings (SSSR count). The lowest BCUT2D eigenvalue weighted by Crippen LogP contribution is -2.50. The van der Waals surface area contributed by atoms with Crippen LogP contribution in [0.1, 0.15) is 29.5 Å². The van der Waals surface area contributed by atoms with Gasteiger partial charge in [0.2, 0.25) is 5.91 Å². The number of rotatable bonds is 7. The van der Waals surface area contributed by atoms with Crippen LogP contribution >= 0.6 is 23.2 Å². The van der Waals surface area contributed by atoms with E-state index in [-0.39, 0.29) is 33.4 Å². The Morgan fingerprint density at radius 2 is 1.55 bits per heavy atom. The fourth-order valence-electron chi connectivity index (χ4n) is 4.58. The van der Waals surface area contributed by atoms with Gasteiger partial charge in [0.25, 0.3) is 0 Å². The summed E-state index contributed by atoms with van der Waals surface area (Å²) >= 11 is 12.2. The van der Waals surface area contributed by atoms with Crippen molar-refractivity contribution >= 4 is 52.2 Å². The predicted octanol–water partition coefficient (Wildman–Crippen LogP) is 6.63. The van der Waals surface area contributed by atoms with Gasteiger partial charge in [-0.05, 0) is 62.1 Å². The van der Waals surface area contributed by atoms with Crippen molar-refractivity contribution in [3.05, 3.63) is 81.3 Å². The van der Waals surface area contributed by atoms with Crippen LogP contribution in [0.15, 0.2) is 54.6 Å². The highest BCUT2D eigenvalue weighted by Gasteiger charge is 2.23. The number of nitrogens with one attached hydrogen (secondary N) is 2. The number of aryl methyl sites for hydroxylation is 3. The van der Waals surface area contributed by atoms with Crippen molar-refractivity contribution < 1.29 is 14.7 Å². The molecule has 0 aromatic heterocycles. The van der Waals surface area contributed by atoms with Gasteiger partial charge in [0, 0.05) is 56.1 Å². The molecule has 1 aliphatic rings. The number of nitrogens with zero attached hydrogens (tertiary/aromatic N) is 2. The van der Waals surface area contributed by atoms with E-state index in [9.17, 15) is 14.7 Å². The summed E-state index contributed by atoms with van der Waals surface area (Å²) in [6, 6.07) is 16.6. The van der Waals surface area contributed by atoms with Gasteiger partial charge in [0.1, 0.15) is 5.75 Å². The summed E-state index contributed by atoms with van der Waals surface area (Å²) in [6.45, 7) is 6.57. The van der Waals surface area contributed by atoms with E-state index in [4.69, 9.17) is 23.2 Å². The number of carbonyl (C=O) groups excluding carboxylic acids is 2. The number of urea groups is 1. The van der Waals surface area contributed by atoms with Crippen molar-refractivity contribution in [3.63, 3.8) is 0 Å². The fraction of sp³-hybridized carbons (Fsp3) is 0.310. The van der Waals surface area contributed by atoms with Gasteiger partial charge < -0.3 is 25.5 Å². The summed E-state index contributed by atoms with van der Waals surface area (Å²) in [6.07, 6.45) is 2.16. The van der Waals surface area contributed by atoms with E-state index < -0.39 is 0 Å². The SMILES string of the molecule is Cc1ccc(CCCC(=O)Nc2ccc(N3CCN(C(=O)Nc4c(Cl)cc(O)cc4Cl)CC3)cc2)c(C)c1. The number of benzene rings is 3. The molecule has 0 spiro atoms. The number of piperazine rings is 1. The molecular formula is C29H32Cl2N4O3. The van der Waals surface area contributed by atoms with E-state index in [0.29, 0.717) is 32.6 Å². The van der Waals surface area contributed by atoms with Crippen molar-refractivity contribution in [3.8, 4) is 5.75 Å². The molecule has 0 atom stereocenters. The minimum absolute atomic E-state index is 0.0102. The summed E-state index contributed by atoms with van der Waals surface area (Å²) in [7, 11) is 0. The fourth-order valence-corrected chi connectivity index (χ4v) is 5.15. The molecule has 38 heavy (non-hydrogen) atoms. The maximum atomic E-state index is 12.7. The minimum atomic E-state index is -0.297. The Hall–Kier alpha value is -3.42. The molecule has 0 aliphatic carbocycles. The van der Waals surface area contributed by atoms with Crippen molar-refractivity contribution in [2.24, 2.45) is 0 Å². The zero-order valence-corrected chi connectivity index (χ0v) is 23.1. The molecule has 1 fully saturated rings. The Morgan fingerprint density at radius 3 is 2.18 bits per heavy atom. The number of aromatic hydroxyl groups is 1. The van der Waals surface area contributed by atoms with Crippen LogP contribution in [0.2, 0.25) is 10.0 Å². The van der Waals surface area contributed by atoms with E-state index in [0.717, 1.165) is 24.2 Å². The Labute approximate surface area is 233 Å². The average molecular weight is 556 g/mol. The first-order chi connectivity index (χ1) is 18.2. The maximum absolute atomic E-state index is 12.7. The first-order valence-electron chi connectivity index (χ1n) is 12.6. The zero-order chi connectivity index (χ0) is 27.2. The second kappa shape index (κ2) is 12.4. The van der Waals surface area contributed by atoms with Crippen LogP contribution in [-0.2, 0) is 11.2 Å². The quantitative estimate of drug-likeness (QED) is 0.286. The van der Waals surface area contributed by atoms with Crippen LogP contribution in [0.25, 0.3) is 0 Å². The van der Waals surface area contributed by atoms with Crippen LogP contribution in [0.4, 0.5) is 21.9 Å². The molecule has 0 saturated carbocycles. The van der Waals surface area contributed by atoms with E-state index in [2.05, 4.69) is 47.6 Å². The molecule has 1 heterocycles. The second-order valence-corrected chi connectivity index (χ2v) is 10.4. The van der Waals surface area contributed by atoms with E-state index in [1.165, 1.54) is 28.8 Å². The number of halogens is 2. The number of hydrogen-bond donors (Lipinski definition) is 3. The molecule has 0 radical (unpaired) electrons. The van der Waals surface area contributed by atoms with Gasteiger partial charge in [-0.15, -0.1) is 0 Å². The van der Waals surface area contributed by atoms with Gasteiger partial charge >= 0.3 is 6.03 Å². The van der Waals surface area contributed by atoms with Gasteiger partial charge in [0.15, 0.2) is 0 Å². The van der Waals surface area contributed by atoms with Gasteiger partial charge in [0.05, 0.1) is 15.7 Å². The lowest BCUT2D eigenvalue weighted by Gasteiger charge is -2.36. The Kier molecular flexibility index (Phi) is 9.02. The number of anilines is 3. The molecule has 0 unspecified atom stereocenters. The molecule has 0 bridgehead atoms. The van der Waals surface area contributed by atoms with Gasteiger partial charge in [-0.3, -0.25) is 4.79 Å². The van der Waals surface area contributed by atoms with E-state index in [1.807, 2.05) is 24.3 Å². The summed E-state index contributed by atoms with van der Waals surface area (Å²) in [4.78, 5) is 29.0. The Balaban J connectivity index is 1.22.